The highest BCUT2D eigenvalue weighted by Gasteiger charge is 2.19. The molecule has 0 fully saturated rings. The third kappa shape index (κ3) is 2.48. The van der Waals surface area contributed by atoms with E-state index in [2.05, 4.69) is 14.8 Å². The van der Waals surface area contributed by atoms with E-state index in [1.54, 1.807) is 6.92 Å². The van der Waals surface area contributed by atoms with Crippen LogP contribution in [0.3, 0.4) is 0 Å². The number of hydrogen-bond acceptors (Lipinski definition) is 5. The van der Waals surface area contributed by atoms with Crippen molar-refractivity contribution in [3.05, 3.63) is 40.4 Å². The number of pyridine rings is 1. The first-order chi connectivity index (χ1) is 9.43. The van der Waals surface area contributed by atoms with Gasteiger partial charge in [0, 0.05) is 11.9 Å². The third-order valence-electron chi connectivity index (χ3n) is 2.55. The van der Waals surface area contributed by atoms with Gasteiger partial charge in [-0.15, -0.1) is 0 Å². The SMILES string of the molecule is COC(=O)c1cc(C)n(-c2cc(Cl)cnc2C(=O)O)n1. The quantitative estimate of drug-likeness (QED) is 0.866. The predicted octanol–water partition coefficient (Wildman–Crippen LogP) is 1.71. The highest BCUT2D eigenvalue weighted by molar-refractivity contribution is 6.30. The molecule has 20 heavy (non-hydrogen) atoms. The number of esters is 1. The number of rotatable bonds is 3. The van der Waals surface area contributed by atoms with Gasteiger partial charge in [-0.3, -0.25) is 0 Å². The first kappa shape index (κ1) is 14.0. The summed E-state index contributed by atoms with van der Waals surface area (Å²) in [6.45, 7) is 1.67. The highest BCUT2D eigenvalue weighted by atomic mass is 35.5. The van der Waals surface area contributed by atoms with Gasteiger partial charge < -0.3 is 9.84 Å². The van der Waals surface area contributed by atoms with Crippen molar-refractivity contribution in [1.82, 2.24) is 14.8 Å². The number of aromatic nitrogens is 3. The van der Waals surface area contributed by atoms with E-state index in [9.17, 15) is 9.59 Å². The van der Waals surface area contributed by atoms with Crippen LogP contribution >= 0.6 is 11.6 Å². The highest BCUT2D eigenvalue weighted by Crippen LogP contribution is 2.20. The maximum Gasteiger partial charge on any atom is 0.358 e. The zero-order valence-corrected chi connectivity index (χ0v) is 11.4. The van der Waals surface area contributed by atoms with Crippen LogP contribution in [0.25, 0.3) is 5.69 Å². The number of halogens is 1. The fourth-order valence-electron chi connectivity index (χ4n) is 1.68. The van der Waals surface area contributed by atoms with Gasteiger partial charge in [0.25, 0.3) is 0 Å². The van der Waals surface area contributed by atoms with Crippen molar-refractivity contribution in [3.63, 3.8) is 0 Å². The molecule has 104 valence electrons. The molecule has 0 aliphatic rings. The molecule has 0 saturated heterocycles. The van der Waals surface area contributed by atoms with Crippen LogP contribution in [-0.4, -0.2) is 38.9 Å². The average molecular weight is 296 g/mol. The Balaban J connectivity index is 2.62. The first-order valence-electron chi connectivity index (χ1n) is 5.48. The summed E-state index contributed by atoms with van der Waals surface area (Å²) < 4.78 is 5.86. The monoisotopic (exact) mass is 295 g/mol. The molecule has 0 saturated carbocycles. The van der Waals surface area contributed by atoms with Crippen molar-refractivity contribution in [2.45, 2.75) is 6.92 Å². The van der Waals surface area contributed by atoms with Crippen LogP contribution in [0, 0.1) is 6.92 Å². The number of carboxylic acids is 1. The lowest BCUT2D eigenvalue weighted by molar-refractivity contribution is 0.0593. The topological polar surface area (TPSA) is 94.3 Å². The van der Waals surface area contributed by atoms with Gasteiger partial charge in [-0.1, -0.05) is 11.6 Å². The molecule has 0 aliphatic carbocycles. The largest absolute Gasteiger partial charge is 0.476 e. The molecule has 0 aliphatic heterocycles. The van der Waals surface area contributed by atoms with Crippen molar-refractivity contribution in [2.75, 3.05) is 7.11 Å². The summed E-state index contributed by atoms with van der Waals surface area (Å²) in [5, 5.41) is 13.4. The number of hydrogen-bond donors (Lipinski definition) is 1. The summed E-state index contributed by atoms with van der Waals surface area (Å²) in [5.41, 5.74) is 0.591. The minimum Gasteiger partial charge on any atom is -0.476 e. The third-order valence-corrected chi connectivity index (χ3v) is 2.75. The molecular formula is C12H10ClN3O4. The molecule has 2 heterocycles. The summed E-state index contributed by atoms with van der Waals surface area (Å²) in [7, 11) is 1.24. The lowest BCUT2D eigenvalue weighted by Gasteiger charge is -2.07. The predicted molar refractivity (Wildman–Crippen MR) is 69.4 cm³/mol. The van der Waals surface area contributed by atoms with Gasteiger partial charge in [-0.25, -0.2) is 19.3 Å². The Bertz CT molecular complexity index is 696. The zero-order chi connectivity index (χ0) is 14.9. The van der Waals surface area contributed by atoms with Crippen LogP contribution in [0.5, 0.6) is 0 Å². The molecule has 2 aromatic rings. The molecule has 7 nitrogen and oxygen atoms in total. The lowest BCUT2D eigenvalue weighted by Crippen LogP contribution is -2.11. The van der Waals surface area contributed by atoms with Crippen LogP contribution in [0.2, 0.25) is 5.02 Å². The summed E-state index contributed by atoms with van der Waals surface area (Å²) >= 11 is 5.83. The smallest absolute Gasteiger partial charge is 0.358 e. The van der Waals surface area contributed by atoms with Gasteiger partial charge in [-0.05, 0) is 19.1 Å². The number of aryl methyl sites for hydroxylation is 1. The Morgan fingerprint density at radius 1 is 1.40 bits per heavy atom. The molecule has 2 rings (SSSR count). The van der Waals surface area contributed by atoms with Crippen LogP contribution in [0.1, 0.15) is 26.7 Å². The van der Waals surface area contributed by atoms with Gasteiger partial charge in [0.05, 0.1) is 17.8 Å². The van der Waals surface area contributed by atoms with Crippen molar-refractivity contribution < 1.29 is 19.4 Å². The van der Waals surface area contributed by atoms with E-state index in [0.29, 0.717) is 5.69 Å². The Labute approximate surface area is 118 Å². The molecule has 8 heteroatoms. The second kappa shape index (κ2) is 5.30. The number of nitrogens with zero attached hydrogens (tertiary/aromatic N) is 3. The van der Waals surface area contributed by atoms with E-state index in [4.69, 9.17) is 16.7 Å². The molecule has 0 bridgehead atoms. The number of carbonyl (C=O) groups excluding carboxylic acids is 1. The zero-order valence-electron chi connectivity index (χ0n) is 10.6. The first-order valence-corrected chi connectivity index (χ1v) is 5.86. The summed E-state index contributed by atoms with van der Waals surface area (Å²) in [5.74, 6) is -1.83. The molecule has 0 atom stereocenters. The summed E-state index contributed by atoms with van der Waals surface area (Å²) in [6, 6.07) is 2.90. The molecule has 0 radical (unpaired) electrons. The fraction of sp³-hybridized carbons (Fsp3) is 0.167. The van der Waals surface area contributed by atoms with Crippen molar-refractivity contribution in [3.8, 4) is 5.69 Å². The average Bonchev–Trinajstić information content (AvgIpc) is 2.79. The second-order valence-electron chi connectivity index (χ2n) is 3.90. The van der Waals surface area contributed by atoms with Crippen LogP contribution in [0.4, 0.5) is 0 Å². The Morgan fingerprint density at radius 2 is 2.10 bits per heavy atom. The number of methoxy groups -OCH3 is 1. The Morgan fingerprint density at radius 3 is 2.70 bits per heavy atom. The molecule has 1 N–H and O–H groups in total. The fourth-order valence-corrected chi connectivity index (χ4v) is 1.83. The van der Waals surface area contributed by atoms with Crippen molar-refractivity contribution in [2.24, 2.45) is 0 Å². The summed E-state index contributed by atoms with van der Waals surface area (Å²) in [4.78, 5) is 26.4. The maximum atomic E-state index is 11.4. The maximum absolute atomic E-state index is 11.4. The van der Waals surface area contributed by atoms with Crippen molar-refractivity contribution in [1.29, 1.82) is 0 Å². The van der Waals surface area contributed by atoms with E-state index in [1.165, 1.54) is 30.1 Å². The van der Waals surface area contributed by atoms with E-state index in [0.717, 1.165) is 0 Å². The van der Waals surface area contributed by atoms with E-state index in [1.807, 2.05) is 0 Å². The van der Waals surface area contributed by atoms with E-state index < -0.39 is 11.9 Å². The number of aromatic carboxylic acids is 1. The van der Waals surface area contributed by atoms with Gasteiger partial charge in [-0.2, -0.15) is 5.10 Å². The van der Waals surface area contributed by atoms with Crippen molar-refractivity contribution >= 4 is 23.5 Å². The lowest BCUT2D eigenvalue weighted by atomic mass is 10.3. The molecule has 2 aromatic heterocycles. The standard InChI is InChI=1S/C12H10ClN3O4/c1-6-3-8(12(19)20-2)15-16(6)9-4-7(13)5-14-10(9)11(17)18/h3-5H,1-2H3,(H,17,18). The molecule has 0 spiro atoms. The van der Waals surface area contributed by atoms with Gasteiger partial charge in [0.2, 0.25) is 0 Å². The van der Waals surface area contributed by atoms with Gasteiger partial charge in [0.1, 0.15) is 0 Å². The van der Waals surface area contributed by atoms with Crippen LogP contribution < -0.4 is 0 Å². The minimum atomic E-state index is -1.22. The van der Waals surface area contributed by atoms with E-state index >= 15 is 0 Å². The van der Waals surface area contributed by atoms with Crippen LogP contribution in [-0.2, 0) is 4.74 Å². The molecule has 0 amide bonds. The minimum absolute atomic E-state index is 0.0707. The summed E-state index contributed by atoms with van der Waals surface area (Å²) in [6.07, 6.45) is 1.23. The van der Waals surface area contributed by atoms with Crippen LogP contribution in [0.15, 0.2) is 18.3 Å². The molecule has 0 aromatic carbocycles. The normalized spacial score (nSPS) is 10.3. The number of carboxylic acid groups (broad SMARTS) is 1. The molecular weight excluding hydrogens is 286 g/mol. The molecule has 0 unspecified atom stereocenters. The van der Waals surface area contributed by atoms with Gasteiger partial charge in [0.15, 0.2) is 11.4 Å². The van der Waals surface area contributed by atoms with Gasteiger partial charge >= 0.3 is 11.9 Å². The number of carbonyl (C=O) groups is 2. The Hall–Kier alpha value is -2.41. The number of ether oxygens (including phenoxy) is 1. The second-order valence-corrected chi connectivity index (χ2v) is 4.34. The Kier molecular flexibility index (Phi) is 3.71. The van der Waals surface area contributed by atoms with E-state index in [-0.39, 0.29) is 22.1 Å².